The summed E-state index contributed by atoms with van der Waals surface area (Å²) in [5.74, 6) is -1.27. The molecule has 0 unspecified atom stereocenters. The second-order valence-electron chi connectivity index (χ2n) is 6.80. The monoisotopic (exact) mass is 364 g/mol. The number of rotatable bonds is 6. The van der Waals surface area contributed by atoms with Gasteiger partial charge < -0.3 is 15.4 Å². The van der Waals surface area contributed by atoms with Crippen molar-refractivity contribution in [2.75, 3.05) is 13.2 Å². The number of amides is 2. The second-order valence-corrected chi connectivity index (χ2v) is 6.80. The summed E-state index contributed by atoms with van der Waals surface area (Å²) in [6, 6.07) is 5.22. The summed E-state index contributed by atoms with van der Waals surface area (Å²) in [4.78, 5) is 35.4. The zero-order valence-electron chi connectivity index (χ0n) is 15.1. The van der Waals surface area contributed by atoms with Gasteiger partial charge in [0.2, 0.25) is 0 Å². The predicted octanol–water partition coefficient (Wildman–Crippen LogP) is 2.04. The molecule has 2 amide bonds. The first kappa shape index (κ1) is 19.9. The maximum atomic E-state index is 13.1. The summed E-state index contributed by atoms with van der Waals surface area (Å²) in [6.45, 7) is 3.51. The molecule has 2 rings (SSSR count). The van der Waals surface area contributed by atoms with Gasteiger partial charge in [0.1, 0.15) is 12.4 Å². The van der Waals surface area contributed by atoms with Crippen LogP contribution in [0.4, 0.5) is 4.39 Å². The minimum absolute atomic E-state index is 0.0950. The van der Waals surface area contributed by atoms with Crippen molar-refractivity contribution in [3.8, 4) is 0 Å². The van der Waals surface area contributed by atoms with Crippen LogP contribution in [0.15, 0.2) is 24.3 Å². The topological polar surface area (TPSA) is 84.5 Å². The van der Waals surface area contributed by atoms with Gasteiger partial charge in [0.25, 0.3) is 11.8 Å². The van der Waals surface area contributed by atoms with E-state index in [2.05, 4.69) is 24.5 Å². The number of nitrogens with one attached hydrogen (secondary N) is 2. The van der Waals surface area contributed by atoms with Gasteiger partial charge in [-0.15, -0.1) is 0 Å². The van der Waals surface area contributed by atoms with Crippen LogP contribution in [0.3, 0.4) is 0 Å². The molecule has 2 N–H and O–H groups in total. The summed E-state index contributed by atoms with van der Waals surface area (Å²) in [5, 5.41) is 5.24. The van der Waals surface area contributed by atoms with Crippen molar-refractivity contribution in [2.24, 2.45) is 11.8 Å². The maximum Gasteiger partial charge on any atom is 0.325 e. The van der Waals surface area contributed by atoms with Crippen LogP contribution in [-0.2, 0) is 14.3 Å². The molecule has 1 aliphatic carbocycles. The summed E-state index contributed by atoms with van der Waals surface area (Å²) in [6.07, 6.45) is 3.16. The molecular weight excluding hydrogens is 339 g/mol. The smallest absolute Gasteiger partial charge is 0.325 e. The van der Waals surface area contributed by atoms with Crippen molar-refractivity contribution < 1.29 is 23.5 Å². The number of hydrogen-bond donors (Lipinski definition) is 2. The highest BCUT2D eigenvalue weighted by atomic mass is 19.1. The van der Waals surface area contributed by atoms with Crippen molar-refractivity contribution in [3.05, 3.63) is 35.6 Å². The number of hydrogen-bond acceptors (Lipinski definition) is 4. The Morgan fingerprint density at radius 3 is 2.73 bits per heavy atom. The Labute approximate surface area is 152 Å². The molecule has 0 bridgehead atoms. The first-order chi connectivity index (χ1) is 12.4. The molecule has 26 heavy (non-hydrogen) atoms. The van der Waals surface area contributed by atoms with E-state index in [4.69, 9.17) is 4.74 Å². The van der Waals surface area contributed by atoms with E-state index >= 15 is 0 Å². The summed E-state index contributed by atoms with van der Waals surface area (Å²) in [5.41, 5.74) is 0.107. The van der Waals surface area contributed by atoms with Crippen LogP contribution >= 0.6 is 0 Å². The molecule has 0 saturated heterocycles. The average Bonchev–Trinajstić information content (AvgIpc) is 2.61. The Morgan fingerprint density at radius 1 is 1.23 bits per heavy atom. The van der Waals surface area contributed by atoms with Crippen LogP contribution in [0.5, 0.6) is 0 Å². The van der Waals surface area contributed by atoms with Crippen LogP contribution in [-0.4, -0.2) is 37.0 Å². The molecule has 1 aromatic rings. The summed E-state index contributed by atoms with van der Waals surface area (Å²) < 4.78 is 17.9. The van der Waals surface area contributed by atoms with Gasteiger partial charge in [-0.3, -0.25) is 14.4 Å². The number of benzene rings is 1. The van der Waals surface area contributed by atoms with Crippen molar-refractivity contribution >= 4 is 17.8 Å². The molecule has 1 saturated carbocycles. The number of carbonyl (C=O) groups excluding carboxylic acids is 3. The zero-order chi connectivity index (χ0) is 19.1. The molecule has 0 heterocycles. The molecule has 0 spiro atoms. The Kier molecular flexibility index (Phi) is 7.12. The van der Waals surface area contributed by atoms with Crippen molar-refractivity contribution in [1.82, 2.24) is 10.6 Å². The van der Waals surface area contributed by atoms with Crippen molar-refractivity contribution in [1.29, 1.82) is 0 Å². The molecule has 6 nitrogen and oxygen atoms in total. The minimum atomic E-state index is -0.727. The third-order valence-corrected chi connectivity index (χ3v) is 4.90. The molecule has 3 atom stereocenters. The van der Waals surface area contributed by atoms with Gasteiger partial charge >= 0.3 is 5.97 Å². The maximum absolute atomic E-state index is 13.1. The van der Waals surface area contributed by atoms with E-state index in [1.54, 1.807) is 0 Å². The van der Waals surface area contributed by atoms with Gasteiger partial charge in [-0.1, -0.05) is 32.8 Å². The van der Waals surface area contributed by atoms with E-state index in [0.717, 1.165) is 25.3 Å². The van der Waals surface area contributed by atoms with Crippen molar-refractivity contribution in [2.45, 2.75) is 39.2 Å². The number of esters is 1. The van der Waals surface area contributed by atoms with Crippen molar-refractivity contribution in [3.63, 3.8) is 0 Å². The lowest BCUT2D eigenvalue weighted by molar-refractivity contribution is -0.147. The highest BCUT2D eigenvalue weighted by Crippen LogP contribution is 2.29. The minimum Gasteiger partial charge on any atom is -0.454 e. The fourth-order valence-corrected chi connectivity index (χ4v) is 3.12. The average molecular weight is 364 g/mol. The molecule has 0 aromatic heterocycles. The second kappa shape index (κ2) is 9.31. The van der Waals surface area contributed by atoms with Gasteiger partial charge in [0.05, 0.1) is 0 Å². The van der Waals surface area contributed by atoms with E-state index in [1.807, 2.05) is 0 Å². The predicted molar refractivity (Wildman–Crippen MR) is 93.8 cm³/mol. The summed E-state index contributed by atoms with van der Waals surface area (Å²) in [7, 11) is 0. The molecule has 1 aromatic carbocycles. The lowest BCUT2D eigenvalue weighted by Crippen LogP contribution is -2.45. The number of ether oxygens (including phenoxy) is 1. The van der Waals surface area contributed by atoms with Crippen LogP contribution in [0.2, 0.25) is 0 Å². The van der Waals surface area contributed by atoms with Crippen LogP contribution in [0, 0.1) is 17.7 Å². The molecule has 0 radical (unpaired) electrons. The van der Waals surface area contributed by atoms with E-state index < -0.39 is 17.7 Å². The van der Waals surface area contributed by atoms with Gasteiger partial charge in [0, 0.05) is 11.6 Å². The number of carbonyl (C=O) groups is 3. The number of halogens is 1. The molecule has 142 valence electrons. The van der Waals surface area contributed by atoms with Crippen LogP contribution in [0.1, 0.15) is 43.5 Å². The third kappa shape index (κ3) is 5.82. The van der Waals surface area contributed by atoms with E-state index in [1.165, 1.54) is 18.2 Å². The SMILES string of the molecule is C[C@@H]1[C@H](C)CCC[C@@H]1NC(=O)COC(=O)CNC(=O)c1cccc(F)c1. The zero-order valence-corrected chi connectivity index (χ0v) is 15.1. The Morgan fingerprint density at radius 2 is 2.00 bits per heavy atom. The first-order valence-electron chi connectivity index (χ1n) is 8.85. The fraction of sp³-hybridized carbons (Fsp3) is 0.526. The molecule has 0 aliphatic heterocycles. The summed E-state index contributed by atoms with van der Waals surface area (Å²) >= 11 is 0. The molecular formula is C19H25FN2O4. The lowest BCUT2D eigenvalue weighted by atomic mass is 9.78. The lowest BCUT2D eigenvalue weighted by Gasteiger charge is -2.34. The van der Waals surface area contributed by atoms with E-state index in [0.29, 0.717) is 11.8 Å². The molecule has 1 aliphatic rings. The van der Waals surface area contributed by atoms with E-state index in [-0.39, 0.29) is 30.7 Å². The highest BCUT2D eigenvalue weighted by Gasteiger charge is 2.28. The standard InChI is InChI=1S/C19H25FN2O4/c1-12-5-3-8-16(13(12)2)22-17(23)11-26-18(24)10-21-19(25)14-6-4-7-15(20)9-14/h4,6-7,9,12-13,16H,3,5,8,10-11H2,1-2H3,(H,21,25)(H,22,23)/t12-,13-,16+/m1/s1. The van der Waals surface area contributed by atoms with Crippen LogP contribution in [0.25, 0.3) is 0 Å². The Hall–Kier alpha value is -2.44. The fourth-order valence-electron chi connectivity index (χ4n) is 3.12. The molecule has 1 fully saturated rings. The molecule has 7 heteroatoms. The first-order valence-corrected chi connectivity index (χ1v) is 8.85. The van der Waals surface area contributed by atoms with Gasteiger partial charge in [-0.2, -0.15) is 0 Å². The van der Waals surface area contributed by atoms with Gasteiger partial charge in [-0.05, 0) is 36.5 Å². The largest absolute Gasteiger partial charge is 0.454 e. The third-order valence-electron chi connectivity index (χ3n) is 4.90. The Balaban J connectivity index is 1.69. The van der Waals surface area contributed by atoms with Gasteiger partial charge in [-0.25, -0.2) is 4.39 Å². The normalized spacial score (nSPS) is 22.3. The van der Waals surface area contributed by atoms with Gasteiger partial charge in [0.15, 0.2) is 6.61 Å². The van der Waals surface area contributed by atoms with Crippen LogP contribution < -0.4 is 10.6 Å². The quantitative estimate of drug-likeness (QED) is 0.757. The highest BCUT2D eigenvalue weighted by molar-refractivity contribution is 5.96. The van der Waals surface area contributed by atoms with E-state index in [9.17, 15) is 18.8 Å². The Bertz CT molecular complexity index is 665.